The second-order valence-corrected chi connectivity index (χ2v) is 11.2. The van der Waals surface area contributed by atoms with Gasteiger partial charge in [-0.05, 0) is 35.0 Å². The molecule has 1 fully saturated rings. The van der Waals surface area contributed by atoms with E-state index in [1.165, 1.54) is 28.0 Å². The van der Waals surface area contributed by atoms with E-state index < -0.39 is 10.0 Å². The Labute approximate surface area is 205 Å². The molecular weight excluding hydrogens is 496 g/mol. The van der Waals surface area contributed by atoms with E-state index in [4.69, 9.17) is 11.6 Å². The highest BCUT2D eigenvalue weighted by Gasteiger charge is 2.31. The average Bonchev–Trinajstić information content (AvgIpc) is 3.34. The van der Waals surface area contributed by atoms with Crippen LogP contribution in [0, 0.1) is 5.21 Å². The summed E-state index contributed by atoms with van der Waals surface area (Å²) in [6, 6.07) is 13.6. The highest BCUT2D eigenvalue weighted by molar-refractivity contribution is 7.89. The van der Waals surface area contributed by atoms with Crippen LogP contribution in [-0.2, 0) is 10.0 Å². The number of halogens is 1. The minimum Gasteiger partial charge on any atom is -0.619 e. The van der Waals surface area contributed by atoms with Crippen molar-refractivity contribution in [2.75, 3.05) is 26.2 Å². The summed E-state index contributed by atoms with van der Waals surface area (Å²) in [7, 11) is -3.69. The summed E-state index contributed by atoms with van der Waals surface area (Å²) in [6.07, 6.45) is 4.39. The summed E-state index contributed by atoms with van der Waals surface area (Å²) in [5.41, 5.74) is 0.803. The van der Waals surface area contributed by atoms with Crippen molar-refractivity contribution in [1.82, 2.24) is 14.2 Å². The van der Waals surface area contributed by atoms with Gasteiger partial charge in [0.05, 0.1) is 9.77 Å². The van der Waals surface area contributed by atoms with Gasteiger partial charge in [-0.25, -0.2) is 13.4 Å². The van der Waals surface area contributed by atoms with Crippen molar-refractivity contribution in [3.05, 3.63) is 82.4 Å². The molecule has 0 unspecified atom stereocenters. The predicted molar refractivity (Wildman–Crippen MR) is 130 cm³/mol. The zero-order chi connectivity index (χ0) is 23.9. The van der Waals surface area contributed by atoms with E-state index in [1.54, 1.807) is 59.6 Å². The second kappa shape index (κ2) is 8.95. The smallest absolute Gasteiger partial charge is 0.282 e. The minimum absolute atomic E-state index is 0.202. The molecule has 3 heterocycles. The maximum absolute atomic E-state index is 13.2. The van der Waals surface area contributed by atoms with Crippen LogP contribution < -0.4 is 4.73 Å². The highest BCUT2D eigenvalue weighted by Crippen LogP contribution is 2.28. The molecule has 0 N–H and O–H groups in total. The largest absolute Gasteiger partial charge is 0.619 e. The molecule has 1 aliphatic rings. The third-order valence-corrected chi connectivity index (χ3v) is 8.88. The molecule has 11 heteroatoms. The number of pyridine rings is 1. The van der Waals surface area contributed by atoms with Gasteiger partial charge in [0.25, 0.3) is 5.91 Å². The average molecular weight is 515 g/mol. The number of carbonyl (C=O) groups is 1. The fourth-order valence-corrected chi connectivity index (χ4v) is 6.38. The van der Waals surface area contributed by atoms with Crippen molar-refractivity contribution in [2.45, 2.75) is 4.90 Å². The first-order valence-electron chi connectivity index (χ1n) is 10.4. The Balaban J connectivity index is 1.27. The molecule has 1 aliphatic heterocycles. The summed E-state index contributed by atoms with van der Waals surface area (Å²) < 4.78 is 28.5. The van der Waals surface area contributed by atoms with Crippen molar-refractivity contribution >= 4 is 49.6 Å². The van der Waals surface area contributed by atoms with Crippen LogP contribution in [-0.4, -0.2) is 54.7 Å². The molecule has 0 saturated carbocycles. The van der Waals surface area contributed by atoms with E-state index in [0.717, 1.165) is 21.2 Å². The summed E-state index contributed by atoms with van der Waals surface area (Å²) in [5.74, 6) is -0.231. The Hall–Kier alpha value is -3.05. The van der Waals surface area contributed by atoms with Gasteiger partial charge < -0.3 is 10.1 Å². The lowest BCUT2D eigenvalue weighted by molar-refractivity contribution is -0.605. The molecule has 8 nitrogen and oxygen atoms in total. The first-order chi connectivity index (χ1) is 16.3. The molecule has 0 aliphatic carbocycles. The third-order valence-electron chi connectivity index (χ3n) is 5.71. The quantitative estimate of drug-likeness (QED) is 0.307. The van der Waals surface area contributed by atoms with E-state index in [2.05, 4.69) is 4.98 Å². The maximum Gasteiger partial charge on any atom is 0.282 e. The molecule has 5 rings (SSSR count). The van der Waals surface area contributed by atoms with Crippen molar-refractivity contribution < 1.29 is 17.9 Å². The Morgan fingerprint density at radius 3 is 2.41 bits per heavy atom. The van der Waals surface area contributed by atoms with E-state index in [1.807, 2.05) is 0 Å². The summed E-state index contributed by atoms with van der Waals surface area (Å²) in [5, 5.41) is 13.8. The maximum atomic E-state index is 13.2. The number of carbonyl (C=O) groups excluding carboxylic acids is 1. The number of amides is 1. The van der Waals surface area contributed by atoms with Gasteiger partial charge in [0, 0.05) is 55.1 Å². The Morgan fingerprint density at radius 1 is 1.00 bits per heavy atom. The zero-order valence-electron chi connectivity index (χ0n) is 17.8. The molecule has 0 atom stereocenters. The summed E-state index contributed by atoms with van der Waals surface area (Å²) in [4.78, 5) is 19.8. The van der Waals surface area contributed by atoms with Crippen LogP contribution in [0.3, 0.4) is 0 Å². The van der Waals surface area contributed by atoms with Gasteiger partial charge in [-0.3, -0.25) is 4.79 Å². The molecule has 174 valence electrons. The van der Waals surface area contributed by atoms with Gasteiger partial charge in [-0.1, -0.05) is 23.7 Å². The van der Waals surface area contributed by atoms with Crippen LogP contribution in [0.2, 0.25) is 5.02 Å². The van der Waals surface area contributed by atoms with Gasteiger partial charge >= 0.3 is 0 Å². The number of aromatic nitrogens is 2. The molecule has 0 spiro atoms. The predicted octanol–water partition coefficient (Wildman–Crippen LogP) is 3.40. The molecule has 2 aromatic heterocycles. The van der Waals surface area contributed by atoms with Crippen LogP contribution in [0.1, 0.15) is 9.80 Å². The van der Waals surface area contributed by atoms with Crippen LogP contribution in [0.4, 0.5) is 0 Å². The number of hydrogen-bond acceptors (Lipinski definition) is 6. The Bertz CT molecular complexity index is 1480. The third kappa shape index (κ3) is 4.37. The van der Waals surface area contributed by atoms with E-state index in [9.17, 15) is 18.4 Å². The molecule has 1 saturated heterocycles. The van der Waals surface area contributed by atoms with Crippen LogP contribution >= 0.6 is 22.9 Å². The lowest BCUT2D eigenvalue weighted by Crippen LogP contribution is -2.50. The van der Waals surface area contributed by atoms with E-state index in [0.29, 0.717) is 14.8 Å². The first kappa shape index (κ1) is 22.7. The van der Waals surface area contributed by atoms with Crippen LogP contribution in [0.25, 0.3) is 21.2 Å². The Kier molecular flexibility index (Phi) is 5.98. The number of nitrogens with zero attached hydrogens (tertiary/aromatic N) is 4. The van der Waals surface area contributed by atoms with Crippen molar-refractivity contribution in [3.8, 4) is 10.4 Å². The summed E-state index contributed by atoms with van der Waals surface area (Å²) >= 11 is 7.26. The normalized spacial score (nSPS) is 15.0. The van der Waals surface area contributed by atoms with Gasteiger partial charge in [-0.15, -0.1) is 11.3 Å². The minimum atomic E-state index is -3.69. The van der Waals surface area contributed by atoms with Crippen LogP contribution in [0.15, 0.2) is 72.0 Å². The highest BCUT2D eigenvalue weighted by atomic mass is 35.5. The van der Waals surface area contributed by atoms with Crippen molar-refractivity contribution in [3.63, 3.8) is 0 Å². The molecular formula is C23H19ClN4O4S2. The second-order valence-electron chi connectivity index (χ2n) is 7.83. The molecule has 1 amide bonds. The van der Waals surface area contributed by atoms with E-state index >= 15 is 0 Å². The lowest BCUT2D eigenvalue weighted by Gasteiger charge is -2.33. The number of hydrogen-bond donors (Lipinski definition) is 0. The molecule has 0 bridgehead atoms. The van der Waals surface area contributed by atoms with Crippen molar-refractivity contribution in [2.24, 2.45) is 0 Å². The van der Waals surface area contributed by atoms with Gasteiger partial charge in [0.2, 0.25) is 10.0 Å². The van der Waals surface area contributed by atoms with Gasteiger partial charge in [0.15, 0.2) is 17.4 Å². The number of rotatable bonds is 4. The van der Waals surface area contributed by atoms with Crippen LogP contribution in [0.5, 0.6) is 0 Å². The molecule has 4 aromatic rings. The number of sulfonamides is 1. The molecule has 2 aromatic carbocycles. The lowest BCUT2D eigenvalue weighted by atomic mass is 10.1. The topological polar surface area (TPSA) is 97.5 Å². The number of thiazole rings is 1. The molecule has 0 radical (unpaired) electrons. The van der Waals surface area contributed by atoms with Gasteiger partial charge in [0.1, 0.15) is 0 Å². The fraction of sp³-hybridized carbons (Fsp3) is 0.174. The number of piperazine rings is 1. The zero-order valence-corrected chi connectivity index (χ0v) is 20.2. The number of benzene rings is 2. The SMILES string of the molecule is O=C(c1ncc(-c2cc[n+]([O-])cc2)s1)N1CCN(S(=O)(=O)c2ccc3cc(Cl)ccc3c2)CC1. The monoisotopic (exact) mass is 514 g/mol. The van der Waals surface area contributed by atoms with Crippen molar-refractivity contribution in [1.29, 1.82) is 0 Å². The first-order valence-corrected chi connectivity index (χ1v) is 13.1. The molecule has 34 heavy (non-hydrogen) atoms. The standard InChI is InChI=1S/C23H19ClN4O4S2/c24-19-3-1-18-14-20(4-2-17(18)13-19)34(31,32)28-11-9-26(10-12-28)23(29)22-25-15-21(33-22)16-5-7-27(30)8-6-16/h1-8,13-15H,9-12H2. The van der Waals surface area contributed by atoms with Gasteiger partial charge in [-0.2, -0.15) is 9.04 Å². The number of fused-ring (bicyclic) bond motifs is 1. The van der Waals surface area contributed by atoms with E-state index in [-0.39, 0.29) is 37.0 Å². The fourth-order valence-electron chi connectivity index (χ4n) is 3.85. The Morgan fingerprint density at radius 2 is 1.68 bits per heavy atom. The summed E-state index contributed by atoms with van der Waals surface area (Å²) in [6.45, 7) is 0.954.